The molecule has 7 nitrogen and oxygen atoms in total. The zero-order chi connectivity index (χ0) is 22.9. The van der Waals surface area contributed by atoms with E-state index in [1.165, 1.54) is 5.69 Å². The van der Waals surface area contributed by atoms with Crippen molar-refractivity contribution in [3.8, 4) is 5.75 Å². The summed E-state index contributed by atoms with van der Waals surface area (Å²) in [6.07, 6.45) is 1.58. The summed E-state index contributed by atoms with van der Waals surface area (Å²) in [6, 6.07) is 15.7. The maximum Gasteiger partial charge on any atom is 0.229 e. The van der Waals surface area contributed by atoms with Crippen molar-refractivity contribution in [2.75, 3.05) is 62.9 Å². The summed E-state index contributed by atoms with van der Waals surface area (Å²) in [6.45, 7) is 4.33. The van der Waals surface area contributed by atoms with Crippen molar-refractivity contribution in [2.24, 2.45) is 0 Å². The fourth-order valence-corrected chi connectivity index (χ4v) is 3.56. The predicted molar refractivity (Wildman–Crippen MR) is 134 cm³/mol. The number of ether oxygens (including phenoxy) is 1. The minimum absolute atomic E-state index is 0.503. The van der Waals surface area contributed by atoms with Crippen molar-refractivity contribution in [2.45, 2.75) is 0 Å². The van der Waals surface area contributed by atoms with Crippen LogP contribution in [-0.4, -0.2) is 62.3 Å². The molecule has 1 fully saturated rings. The van der Waals surface area contributed by atoms with Gasteiger partial charge in [-0.05, 0) is 43.4 Å². The molecule has 2 N–H and O–H groups in total. The molecule has 0 atom stereocenters. The van der Waals surface area contributed by atoms with Gasteiger partial charge in [0.2, 0.25) is 5.95 Å². The highest BCUT2D eigenvalue weighted by Crippen LogP contribution is 2.24. The molecule has 1 aliphatic rings. The van der Waals surface area contributed by atoms with Crippen LogP contribution in [0.3, 0.4) is 0 Å². The van der Waals surface area contributed by atoms with Gasteiger partial charge in [0, 0.05) is 44.6 Å². The minimum Gasteiger partial charge on any atom is -0.495 e. The standard InChI is InChI=1S/C16H21ClN6.C7H7ClO/c1-18-15-14(17)11-19-16(21-15)20-12-3-5-13(6-4-12)23-9-7-22(2)8-10-23;1-9-7-5-3-2-4-6(7)8/h3-6,11H,7-10H2,1-2H3,(H2,18,19,20,21);2-5H,1H3. The molecule has 3 aromatic rings. The smallest absolute Gasteiger partial charge is 0.229 e. The Morgan fingerprint density at radius 1 is 0.938 bits per heavy atom. The van der Waals surface area contributed by atoms with E-state index in [0.29, 0.717) is 21.8 Å². The number of anilines is 4. The summed E-state index contributed by atoms with van der Waals surface area (Å²) in [7, 11) is 5.54. The molecule has 0 unspecified atom stereocenters. The predicted octanol–water partition coefficient (Wildman–Crippen LogP) is 5.02. The van der Waals surface area contributed by atoms with Crippen molar-refractivity contribution < 1.29 is 4.74 Å². The maximum absolute atomic E-state index is 5.99. The fourth-order valence-electron chi connectivity index (χ4n) is 3.16. The minimum atomic E-state index is 0.503. The van der Waals surface area contributed by atoms with Gasteiger partial charge in [-0.3, -0.25) is 0 Å². The molecule has 4 rings (SSSR count). The summed E-state index contributed by atoms with van der Waals surface area (Å²) < 4.78 is 4.91. The molecular formula is C23H28Cl2N6O. The molecule has 0 spiro atoms. The molecule has 0 amide bonds. The van der Waals surface area contributed by atoms with E-state index in [1.807, 2.05) is 30.3 Å². The Morgan fingerprint density at radius 2 is 1.62 bits per heavy atom. The van der Waals surface area contributed by atoms with E-state index >= 15 is 0 Å². The first-order chi connectivity index (χ1) is 15.5. The quantitative estimate of drug-likeness (QED) is 0.538. The van der Waals surface area contributed by atoms with Crippen molar-refractivity contribution in [3.05, 3.63) is 64.8 Å². The molecule has 170 valence electrons. The molecule has 1 saturated heterocycles. The molecule has 0 radical (unpaired) electrons. The Hall–Kier alpha value is -2.74. The van der Waals surface area contributed by atoms with Crippen LogP contribution in [0.15, 0.2) is 54.7 Å². The first-order valence-electron chi connectivity index (χ1n) is 10.3. The highest BCUT2D eigenvalue weighted by molar-refractivity contribution is 6.32. The van der Waals surface area contributed by atoms with Crippen molar-refractivity contribution in [3.63, 3.8) is 0 Å². The second-order valence-electron chi connectivity index (χ2n) is 7.24. The van der Waals surface area contributed by atoms with E-state index in [-0.39, 0.29) is 0 Å². The molecule has 2 heterocycles. The van der Waals surface area contributed by atoms with Crippen LogP contribution in [0.25, 0.3) is 0 Å². The van der Waals surface area contributed by atoms with Gasteiger partial charge in [-0.2, -0.15) is 4.98 Å². The molecule has 0 saturated carbocycles. The first kappa shape index (κ1) is 23.9. The lowest BCUT2D eigenvalue weighted by atomic mass is 10.2. The molecule has 0 bridgehead atoms. The van der Waals surface area contributed by atoms with Crippen LogP contribution in [0, 0.1) is 0 Å². The van der Waals surface area contributed by atoms with Crippen LogP contribution < -0.4 is 20.3 Å². The van der Waals surface area contributed by atoms with Gasteiger partial charge < -0.3 is 25.2 Å². The molecule has 1 aliphatic heterocycles. The van der Waals surface area contributed by atoms with Crippen molar-refractivity contribution >= 4 is 46.3 Å². The van der Waals surface area contributed by atoms with Crippen LogP contribution in [0.1, 0.15) is 0 Å². The molecule has 32 heavy (non-hydrogen) atoms. The Bertz CT molecular complexity index is 994. The summed E-state index contributed by atoms with van der Waals surface area (Å²) in [5.74, 6) is 1.85. The van der Waals surface area contributed by atoms with E-state index in [0.717, 1.165) is 37.6 Å². The van der Waals surface area contributed by atoms with Crippen LogP contribution >= 0.6 is 23.2 Å². The lowest BCUT2D eigenvalue weighted by Crippen LogP contribution is -2.44. The number of aromatic nitrogens is 2. The van der Waals surface area contributed by atoms with Gasteiger partial charge in [0.1, 0.15) is 16.6 Å². The number of halogens is 2. The maximum atomic E-state index is 5.99. The van der Waals surface area contributed by atoms with E-state index in [2.05, 4.69) is 49.6 Å². The Kier molecular flexibility index (Phi) is 8.79. The third-order valence-corrected chi connectivity index (χ3v) is 5.62. The van der Waals surface area contributed by atoms with Gasteiger partial charge in [0.05, 0.1) is 18.3 Å². The average Bonchev–Trinajstić information content (AvgIpc) is 2.82. The van der Waals surface area contributed by atoms with E-state index in [1.54, 1.807) is 26.4 Å². The molecular weight excluding hydrogens is 447 g/mol. The fraction of sp³-hybridized carbons (Fsp3) is 0.304. The van der Waals surface area contributed by atoms with Crippen molar-refractivity contribution in [1.29, 1.82) is 0 Å². The molecule has 1 aromatic heterocycles. The largest absolute Gasteiger partial charge is 0.495 e. The third-order valence-electron chi connectivity index (χ3n) is 5.03. The lowest BCUT2D eigenvalue weighted by Gasteiger charge is -2.34. The number of likely N-dealkylation sites (N-methyl/N-ethyl adjacent to an activating group) is 1. The Labute approximate surface area is 199 Å². The van der Waals surface area contributed by atoms with Gasteiger partial charge >= 0.3 is 0 Å². The number of nitrogens with one attached hydrogen (secondary N) is 2. The number of methoxy groups -OCH3 is 1. The molecule has 2 aromatic carbocycles. The zero-order valence-corrected chi connectivity index (χ0v) is 20.0. The monoisotopic (exact) mass is 474 g/mol. The van der Waals surface area contributed by atoms with Gasteiger partial charge in [0.15, 0.2) is 0 Å². The highest BCUT2D eigenvalue weighted by Gasteiger charge is 2.14. The van der Waals surface area contributed by atoms with E-state index < -0.39 is 0 Å². The molecule has 9 heteroatoms. The van der Waals surface area contributed by atoms with Crippen molar-refractivity contribution in [1.82, 2.24) is 14.9 Å². The van der Waals surface area contributed by atoms with Gasteiger partial charge in [0.25, 0.3) is 0 Å². The topological polar surface area (TPSA) is 65.6 Å². The third kappa shape index (κ3) is 6.63. The number of rotatable bonds is 5. The van der Waals surface area contributed by atoms with E-state index in [4.69, 9.17) is 27.9 Å². The second-order valence-corrected chi connectivity index (χ2v) is 8.05. The van der Waals surface area contributed by atoms with Gasteiger partial charge in [-0.15, -0.1) is 0 Å². The number of benzene rings is 2. The summed E-state index contributed by atoms with van der Waals surface area (Å²) in [5, 5.41) is 7.29. The Morgan fingerprint density at radius 3 is 2.22 bits per heavy atom. The van der Waals surface area contributed by atoms with Crippen LogP contribution in [0.2, 0.25) is 10.0 Å². The number of hydrogen-bond acceptors (Lipinski definition) is 7. The Balaban J connectivity index is 0.000000269. The van der Waals surface area contributed by atoms with Crippen LogP contribution in [0.4, 0.5) is 23.1 Å². The SMILES string of the molecule is CNc1nc(Nc2ccc(N3CCN(C)CC3)cc2)ncc1Cl.COc1ccccc1Cl. The molecule has 0 aliphatic carbocycles. The number of hydrogen-bond donors (Lipinski definition) is 2. The summed E-state index contributed by atoms with van der Waals surface area (Å²) >= 11 is 11.7. The number of para-hydroxylation sites is 1. The van der Waals surface area contributed by atoms with Gasteiger partial charge in [-0.25, -0.2) is 4.98 Å². The van der Waals surface area contributed by atoms with Gasteiger partial charge in [-0.1, -0.05) is 35.3 Å². The first-order valence-corrected chi connectivity index (χ1v) is 11.0. The number of piperazine rings is 1. The highest BCUT2D eigenvalue weighted by atomic mass is 35.5. The van der Waals surface area contributed by atoms with E-state index in [9.17, 15) is 0 Å². The normalized spacial score (nSPS) is 13.7. The second kappa shape index (κ2) is 11.8. The summed E-state index contributed by atoms with van der Waals surface area (Å²) in [4.78, 5) is 13.3. The zero-order valence-electron chi connectivity index (χ0n) is 18.5. The number of nitrogens with zero attached hydrogens (tertiary/aromatic N) is 4. The summed E-state index contributed by atoms with van der Waals surface area (Å²) in [5.41, 5.74) is 2.20. The average molecular weight is 475 g/mol. The lowest BCUT2D eigenvalue weighted by molar-refractivity contribution is 0.313. The van der Waals surface area contributed by atoms with Crippen LogP contribution in [0.5, 0.6) is 5.75 Å². The van der Waals surface area contributed by atoms with Crippen LogP contribution in [-0.2, 0) is 0 Å².